The van der Waals surface area contributed by atoms with Gasteiger partial charge >= 0.3 is 0 Å². The Labute approximate surface area is 166 Å². The van der Waals surface area contributed by atoms with Crippen molar-refractivity contribution in [3.05, 3.63) is 83.8 Å². The molecule has 0 saturated carbocycles. The molecule has 0 radical (unpaired) electrons. The first-order valence-corrected chi connectivity index (χ1v) is 9.31. The highest BCUT2D eigenvalue weighted by atomic mass is 19.1. The van der Waals surface area contributed by atoms with E-state index in [0.29, 0.717) is 40.3 Å². The summed E-state index contributed by atoms with van der Waals surface area (Å²) >= 11 is 0. The van der Waals surface area contributed by atoms with Gasteiger partial charge in [0.05, 0.1) is 11.6 Å². The number of nitrogen functional groups attached to an aromatic ring is 1. The summed E-state index contributed by atoms with van der Waals surface area (Å²) in [6.07, 6.45) is 3.50. The molecule has 4 aromatic rings. The Morgan fingerprint density at radius 3 is 2.76 bits per heavy atom. The predicted octanol–water partition coefficient (Wildman–Crippen LogP) is 4.16. The molecule has 6 nitrogen and oxygen atoms in total. The van der Waals surface area contributed by atoms with Crippen LogP contribution in [0, 0.1) is 5.82 Å². The minimum absolute atomic E-state index is 0.271. The summed E-state index contributed by atoms with van der Waals surface area (Å²) in [4.78, 5) is 8.37. The van der Waals surface area contributed by atoms with Crippen molar-refractivity contribution in [2.45, 2.75) is 19.4 Å². The van der Waals surface area contributed by atoms with Gasteiger partial charge in [0.15, 0.2) is 5.65 Å². The standard InChI is InChI=1S/C22H18FN5O/c1-13(28-22-17(11-27-28)21(24)25-12-26-22)20-15(14-6-3-2-4-7-14)10-16-18(23)8-5-9-19(16)29-20/h2-9,11-13H,10H2,1H3,(H2,24,25,26). The molecule has 2 N–H and O–H groups in total. The highest BCUT2D eigenvalue weighted by Gasteiger charge is 2.29. The summed E-state index contributed by atoms with van der Waals surface area (Å²) in [6.45, 7) is 1.98. The Hall–Kier alpha value is -3.74. The lowest BCUT2D eigenvalue weighted by Gasteiger charge is -2.28. The molecule has 1 unspecified atom stereocenters. The normalized spacial score (nSPS) is 14.6. The Morgan fingerprint density at radius 2 is 1.93 bits per heavy atom. The molecule has 0 spiro atoms. The van der Waals surface area contributed by atoms with Gasteiger partial charge in [-0.25, -0.2) is 19.0 Å². The number of halogens is 1. The third-order valence-corrected chi connectivity index (χ3v) is 5.24. The second-order valence-electron chi connectivity index (χ2n) is 6.97. The lowest BCUT2D eigenvalue weighted by molar-refractivity contribution is 0.335. The molecule has 2 aromatic carbocycles. The molecule has 1 aliphatic heterocycles. The number of hydrogen-bond donors (Lipinski definition) is 1. The molecule has 0 fully saturated rings. The van der Waals surface area contributed by atoms with Crippen LogP contribution >= 0.6 is 0 Å². The molecule has 0 saturated heterocycles. The van der Waals surface area contributed by atoms with Crippen molar-refractivity contribution in [1.29, 1.82) is 0 Å². The molecule has 144 valence electrons. The van der Waals surface area contributed by atoms with Gasteiger partial charge in [0.2, 0.25) is 0 Å². The molecule has 0 amide bonds. The van der Waals surface area contributed by atoms with Crippen molar-refractivity contribution in [3.8, 4) is 5.75 Å². The minimum Gasteiger partial charge on any atom is -0.459 e. The number of ether oxygens (including phenoxy) is 1. The monoisotopic (exact) mass is 387 g/mol. The average molecular weight is 387 g/mol. The Balaban J connectivity index is 1.68. The van der Waals surface area contributed by atoms with Gasteiger partial charge in [-0.3, -0.25) is 0 Å². The second kappa shape index (κ2) is 6.70. The second-order valence-corrected chi connectivity index (χ2v) is 6.97. The van der Waals surface area contributed by atoms with Crippen LogP contribution in [0.4, 0.5) is 10.2 Å². The third-order valence-electron chi connectivity index (χ3n) is 5.24. The van der Waals surface area contributed by atoms with E-state index >= 15 is 0 Å². The van der Waals surface area contributed by atoms with Crippen LogP contribution < -0.4 is 10.5 Å². The van der Waals surface area contributed by atoms with Crippen LogP contribution in [0.2, 0.25) is 0 Å². The van der Waals surface area contributed by atoms with E-state index in [0.717, 1.165) is 11.1 Å². The molecule has 7 heteroatoms. The number of benzene rings is 2. The fourth-order valence-corrected chi connectivity index (χ4v) is 3.75. The van der Waals surface area contributed by atoms with Crippen molar-refractivity contribution < 1.29 is 9.13 Å². The summed E-state index contributed by atoms with van der Waals surface area (Å²) in [6, 6.07) is 14.5. The van der Waals surface area contributed by atoms with E-state index in [2.05, 4.69) is 15.1 Å². The lowest BCUT2D eigenvalue weighted by Crippen LogP contribution is -2.20. The topological polar surface area (TPSA) is 78.9 Å². The van der Waals surface area contributed by atoms with Crippen molar-refractivity contribution >= 4 is 22.4 Å². The SMILES string of the molecule is CC(C1=C(c2ccccc2)Cc2c(F)cccc2O1)n1ncc2c(N)ncnc21. The van der Waals surface area contributed by atoms with Crippen LogP contribution in [0.1, 0.15) is 24.1 Å². The number of fused-ring (bicyclic) bond motifs is 2. The van der Waals surface area contributed by atoms with E-state index in [1.165, 1.54) is 12.4 Å². The van der Waals surface area contributed by atoms with E-state index in [-0.39, 0.29) is 11.9 Å². The first-order chi connectivity index (χ1) is 14.1. The van der Waals surface area contributed by atoms with Crippen LogP contribution in [-0.2, 0) is 6.42 Å². The lowest BCUT2D eigenvalue weighted by atomic mass is 9.92. The maximum absolute atomic E-state index is 14.5. The summed E-state index contributed by atoms with van der Waals surface area (Å²) in [7, 11) is 0. The molecule has 3 heterocycles. The van der Waals surface area contributed by atoms with E-state index in [4.69, 9.17) is 10.5 Å². The van der Waals surface area contributed by atoms with Crippen LogP contribution in [-0.4, -0.2) is 19.7 Å². The molecule has 1 aliphatic rings. The van der Waals surface area contributed by atoms with Gasteiger partial charge in [0.1, 0.15) is 35.5 Å². The third kappa shape index (κ3) is 2.82. The molecule has 0 bridgehead atoms. The smallest absolute Gasteiger partial charge is 0.163 e. The minimum atomic E-state index is -0.284. The Kier molecular flexibility index (Phi) is 4.01. The quantitative estimate of drug-likeness (QED) is 0.571. The van der Waals surface area contributed by atoms with Gasteiger partial charge in [-0.15, -0.1) is 0 Å². The Morgan fingerprint density at radius 1 is 1.10 bits per heavy atom. The summed E-state index contributed by atoms with van der Waals surface area (Å²) in [5, 5.41) is 5.16. The average Bonchev–Trinajstić information content (AvgIpc) is 3.19. The maximum atomic E-state index is 14.5. The highest BCUT2D eigenvalue weighted by Crippen LogP contribution is 2.40. The molecular weight excluding hydrogens is 369 g/mol. The summed E-state index contributed by atoms with van der Waals surface area (Å²) in [5.74, 6) is 1.34. The van der Waals surface area contributed by atoms with Gasteiger partial charge in [-0.2, -0.15) is 5.10 Å². The number of nitrogens with zero attached hydrogens (tertiary/aromatic N) is 4. The summed E-state index contributed by atoms with van der Waals surface area (Å²) < 4.78 is 22.5. The van der Waals surface area contributed by atoms with Gasteiger partial charge in [-0.05, 0) is 24.6 Å². The maximum Gasteiger partial charge on any atom is 0.163 e. The first kappa shape index (κ1) is 17.4. The number of nitrogens with two attached hydrogens (primary N) is 1. The number of aromatic nitrogens is 4. The predicted molar refractivity (Wildman–Crippen MR) is 109 cm³/mol. The molecule has 2 aromatic heterocycles. The van der Waals surface area contributed by atoms with Crippen LogP contribution in [0.25, 0.3) is 16.6 Å². The van der Waals surface area contributed by atoms with Crippen molar-refractivity contribution in [3.63, 3.8) is 0 Å². The number of anilines is 1. The Bertz CT molecular complexity index is 1250. The van der Waals surface area contributed by atoms with E-state index < -0.39 is 0 Å². The van der Waals surface area contributed by atoms with Crippen molar-refractivity contribution in [1.82, 2.24) is 19.7 Å². The van der Waals surface area contributed by atoms with Crippen molar-refractivity contribution in [2.24, 2.45) is 0 Å². The zero-order valence-electron chi connectivity index (χ0n) is 15.7. The zero-order chi connectivity index (χ0) is 20.0. The van der Waals surface area contributed by atoms with E-state index in [1.807, 2.05) is 37.3 Å². The van der Waals surface area contributed by atoms with E-state index in [1.54, 1.807) is 23.0 Å². The highest BCUT2D eigenvalue weighted by molar-refractivity contribution is 5.85. The zero-order valence-corrected chi connectivity index (χ0v) is 15.7. The molecule has 1 atom stereocenters. The van der Waals surface area contributed by atoms with Crippen molar-refractivity contribution in [2.75, 3.05) is 5.73 Å². The summed E-state index contributed by atoms with van der Waals surface area (Å²) in [5.41, 5.74) is 9.03. The fraction of sp³-hybridized carbons (Fsp3) is 0.136. The fourth-order valence-electron chi connectivity index (χ4n) is 3.75. The van der Waals surface area contributed by atoms with Crippen LogP contribution in [0.3, 0.4) is 0 Å². The van der Waals surface area contributed by atoms with Crippen LogP contribution in [0.15, 0.2) is 66.8 Å². The van der Waals surface area contributed by atoms with Gasteiger partial charge in [0, 0.05) is 17.6 Å². The van der Waals surface area contributed by atoms with Gasteiger partial charge in [-0.1, -0.05) is 36.4 Å². The number of hydrogen-bond acceptors (Lipinski definition) is 5. The van der Waals surface area contributed by atoms with E-state index in [9.17, 15) is 4.39 Å². The molecule has 29 heavy (non-hydrogen) atoms. The van der Waals surface area contributed by atoms with Crippen LogP contribution in [0.5, 0.6) is 5.75 Å². The molecule has 0 aliphatic carbocycles. The first-order valence-electron chi connectivity index (χ1n) is 9.31. The largest absolute Gasteiger partial charge is 0.459 e. The molecule has 5 rings (SSSR count). The number of rotatable bonds is 3. The number of allylic oxidation sites excluding steroid dienone is 2. The van der Waals surface area contributed by atoms with Gasteiger partial charge in [0.25, 0.3) is 0 Å². The molecular formula is C22H18FN5O. The van der Waals surface area contributed by atoms with Gasteiger partial charge < -0.3 is 10.5 Å².